The molecule has 0 saturated heterocycles. The van der Waals surface area contributed by atoms with Crippen molar-refractivity contribution < 1.29 is 9.53 Å². The van der Waals surface area contributed by atoms with Crippen molar-refractivity contribution in [3.05, 3.63) is 75.5 Å². The summed E-state index contributed by atoms with van der Waals surface area (Å²) < 4.78 is 6.91. The van der Waals surface area contributed by atoms with Gasteiger partial charge in [-0.2, -0.15) is 0 Å². The number of carbonyl (C=O) groups excluding carboxylic acids is 1. The molecule has 0 aliphatic heterocycles. The number of aromatic nitrogens is 2. The SMILES string of the molecule is CCCCCCCCCCCCCCOC(=O)c1ccc(Cl)c(Nc2cc(=O)n(-c3ccccc3)[nH]2)c1. The fraction of sp³-hybridized carbons (Fsp3) is 0.467. The summed E-state index contributed by atoms with van der Waals surface area (Å²) in [6, 6.07) is 15.7. The van der Waals surface area contributed by atoms with Crippen LogP contribution < -0.4 is 10.9 Å². The van der Waals surface area contributed by atoms with Gasteiger partial charge in [0.2, 0.25) is 0 Å². The number of ether oxygens (including phenoxy) is 1. The minimum Gasteiger partial charge on any atom is -0.462 e. The zero-order valence-electron chi connectivity index (χ0n) is 21.9. The van der Waals surface area contributed by atoms with Crippen LogP contribution in [-0.4, -0.2) is 22.4 Å². The molecule has 0 aliphatic carbocycles. The van der Waals surface area contributed by atoms with Crippen LogP contribution in [0.4, 0.5) is 11.5 Å². The van der Waals surface area contributed by atoms with Gasteiger partial charge in [0.1, 0.15) is 5.82 Å². The van der Waals surface area contributed by atoms with E-state index in [1.165, 1.54) is 75.0 Å². The highest BCUT2D eigenvalue weighted by Crippen LogP contribution is 2.26. The van der Waals surface area contributed by atoms with Crippen molar-refractivity contribution in [1.82, 2.24) is 9.78 Å². The Labute approximate surface area is 225 Å². The van der Waals surface area contributed by atoms with Crippen LogP contribution in [0.3, 0.4) is 0 Å². The maximum atomic E-state index is 12.6. The lowest BCUT2D eigenvalue weighted by molar-refractivity contribution is 0.0497. The van der Waals surface area contributed by atoms with Crippen LogP contribution in [0.25, 0.3) is 5.69 Å². The molecular formula is C30H40ClN3O3. The second-order valence-corrected chi connectivity index (χ2v) is 9.93. The van der Waals surface area contributed by atoms with Crippen LogP contribution in [0.2, 0.25) is 5.02 Å². The van der Waals surface area contributed by atoms with Crippen LogP contribution in [0, 0.1) is 0 Å². The summed E-state index contributed by atoms with van der Waals surface area (Å²) in [6.07, 6.45) is 15.2. The molecule has 6 nitrogen and oxygen atoms in total. The molecule has 200 valence electrons. The summed E-state index contributed by atoms with van der Waals surface area (Å²) in [5.41, 5.74) is 1.45. The predicted octanol–water partition coefficient (Wildman–Crippen LogP) is 8.42. The van der Waals surface area contributed by atoms with E-state index >= 15 is 0 Å². The highest BCUT2D eigenvalue weighted by atomic mass is 35.5. The van der Waals surface area contributed by atoms with E-state index in [4.69, 9.17) is 16.3 Å². The number of para-hydroxylation sites is 1. The quantitative estimate of drug-likeness (QED) is 0.137. The van der Waals surface area contributed by atoms with E-state index in [0.29, 0.717) is 28.7 Å². The number of rotatable bonds is 17. The van der Waals surface area contributed by atoms with Gasteiger partial charge in [0.25, 0.3) is 5.56 Å². The summed E-state index contributed by atoms with van der Waals surface area (Å²) in [6.45, 7) is 2.67. The molecule has 3 aromatic rings. The van der Waals surface area contributed by atoms with Gasteiger partial charge in [0.15, 0.2) is 0 Å². The van der Waals surface area contributed by atoms with Crippen LogP contribution in [-0.2, 0) is 4.74 Å². The van der Waals surface area contributed by atoms with Crippen molar-refractivity contribution in [2.75, 3.05) is 11.9 Å². The molecule has 0 atom stereocenters. The normalized spacial score (nSPS) is 11.0. The second-order valence-electron chi connectivity index (χ2n) is 9.52. The molecule has 0 bridgehead atoms. The van der Waals surface area contributed by atoms with Crippen molar-refractivity contribution in [2.24, 2.45) is 0 Å². The molecule has 0 spiro atoms. The van der Waals surface area contributed by atoms with E-state index in [0.717, 1.165) is 18.5 Å². The third-order valence-corrected chi connectivity index (χ3v) is 6.77. The van der Waals surface area contributed by atoms with Crippen LogP contribution in [0.5, 0.6) is 0 Å². The van der Waals surface area contributed by atoms with Gasteiger partial charge >= 0.3 is 5.97 Å². The Hall–Kier alpha value is -2.99. The van der Waals surface area contributed by atoms with E-state index < -0.39 is 0 Å². The third-order valence-electron chi connectivity index (χ3n) is 6.44. The van der Waals surface area contributed by atoms with Gasteiger partial charge in [-0.25, -0.2) is 9.48 Å². The summed E-state index contributed by atoms with van der Waals surface area (Å²) in [4.78, 5) is 24.9. The first-order valence-electron chi connectivity index (χ1n) is 13.7. The number of H-pyrrole nitrogens is 1. The third kappa shape index (κ3) is 9.77. The molecule has 0 amide bonds. The maximum Gasteiger partial charge on any atom is 0.338 e. The van der Waals surface area contributed by atoms with Gasteiger partial charge in [0.05, 0.1) is 28.6 Å². The van der Waals surface area contributed by atoms with Gasteiger partial charge in [-0.15, -0.1) is 0 Å². The highest BCUT2D eigenvalue weighted by molar-refractivity contribution is 6.33. The van der Waals surface area contributed by atoms with Gasteiger partial charge in [0, 0.05) is 6.07 Å². The molecule has 7 heteroatoms. The molecule has 0 aliphatic rings. The molecule has 0 fully saturated rings. The number of halogens is 1. The number of nitrogens with zero attached hydrogens (tertiary/aromatic N) is 1. The minimum atomic E-state index is -0.377. The Morgan fingerprint density at radius 3 is 2.14 bits per heavy atom. The van der Waals surface area contributed by atoms with E-state index in [2.05, 4.69) is 17.3 Å². The summed E-state index contributed by atoms with van der Waals surface area (Å²) in [5.74, 6) is 0.0934. The second kappa shape index (κ2) is 16.0. The topological polar surface area (TPSA) is 76.1 Å². The average molecular weight is 526 g/mol. The Morgan fingerprint density at radius 2 is 1.49 bits per heavy atom. The number of esters is 1. The molecule has 37 heavy (non-hydrogen) atoms. The summed E-state index contributed by atoms with van der Waals surface area (Å²) in [7, 11) is 0. The number of benzene rings is 2. The minimum absolute atomic E-state index is 0.206. The number of hydrogen-bond donors (Lipinski definition) is 2. The van der Waals surface area contributed by atoms with E-state index in [-0.39, 0.29) is 11.5 Å². The molecule has 3 rings (SSSR count). The number of hydrogen-bond acceptors (Lipinski definition) is 4. The first kappa shape index (κ1) is 28.6. The van der Waals surface area contributed by atoms with Crippen molar-refractivity contribution in [3.63, 3.8) is 0 Å². The number of unbranched alkanes of at least 4 members (excludes halogenated alkanes) is 11. The van der Waals surface area contributed by atoms with Crippen molar-refractivity contribution >= 4 is 29.1 Å². The Morgan fingerprint density at radius 1 is 0.865 bits per heavy atom. The number of anilines is 2. The molecule has 1 aromatic heterocycles. The average Bonchev–Trinajstić information content (AvgIpc) is 3.28. The number of aromatic amines is 1. The summed E-state index contributed by atoms with van der Waals surface area (Å²) in [5, 5.41) is 6.56. The first-order valence-corrected chi connectivity index (χ1v) is 14.1. The zero-order chi connectivity index (χ0) is 26.3. The van der Waals surface area contributed by atoms with Crippen molar-refractivity contribution in [3.8, 4) is 5.69 Å². The monoisotopic (exact) mass is 525 g/mol. The van der Waals surface area contributed by atoms with Gasteiger partial charge < -0.3 is 10.1 Å². The van der Waals surface area contributed by atoms with E-state index in [1.807, 2.05) is 30.3 Å². The molecule has 0 radical (unpaired) electrons. The van der Waals surface area contributed by atoms with Crippen LogP contribution in [0.1, 0.15) is 94.3 Å². The Balaban J connectivity index is 1.38. The van der Waals surface area contributed by atoms with Crippen molar-refractivity contribution in [2.45, 2.75) is 84.0 Å². The van der Waals surface area contributed by atoms with Gasteiger partial charge in [-0.1, -0.05) is 107 Å². The summed E-state index contributed by atoms with van der Waals surface area (Å²) >= 11 is 6.34. The molecular weight excluding hydrogens is 486 g/mol. The lowest BCUT2D eigenvalue weighted by Gasteiger charge is -2.10. The van der Waals surface area contributed by atoms with Gasteiger partial charge in [-0.05, 0) is 36.8 Å². The molecule has 0 saturated carbocycles. The number of nitrogens with one attached hydrogen (secondary N) is 2. The smallest absolute Gasteiger partial charge is 0.338 e. The Bertz CT molecular complexity index is 1140. The molecule has 2 aromatic carbocycles. The largest absolute Gasteiger partial charge is 0.462 e. The maximum absolute atomic E-state index is 12.6. The fourth-order valence-electron chi connectivity index (χ4n) is 4.31. The number of carbonyl (C=O) groups is 1. The fourth-order valence-corrected chi connectivity index (χ4v) is 4.48. The highest BCUT2D eigenvalue weighted by Gasteiger charge is 2.12. The first-order chi connectivity index (χ1) is 18.1. The van der Waals surface area contributed by atoms with Crippen molar-refractivity contribution in [1.29, 1.82) is 0 Å². The predicted molar refractivity (Wildman–Crippen MR) is 152 cm³/mol. The molecule has 1 heterocycles. The Kier molecular flexibility index (Phi) is 12.3. The van der Waals surface area contributed by atoms with Crippen LogP contribution in [0.15, 0.2) is 59.4 Å². The lowest BCUT2D eigenvalue weighted by atomic mass is 10.1. The van der Waals surface area contributed by atoms with Gasteiger partial charge in [-0.3, -0.25) is 9.89 Å². The van der Waals surface area contributed by atoms with E-state index in [1.54, 1.807) is 18.2 Å². The molecule has 2 N–H and O–H groups in total. The zero-order valence-corrected chi connectivity index (χ0v) is 22.7. The van der Waals surface area contributed by atoms with E-state index in [9.17, 15) is 9.59 Å². The standard InChI is InChI=1S/C30H40ClN3O3/c1-2-3-4-5-6-7-8-9-10-11-12-16-21-37-30(36)24-19-20-26(31)27(22-24)32-28-23-29(35)34(33-28)25-17-14-13-15-18-25/h13-15,17-20,22-23,32-33H,2-12,16,21H2,1H3. The lowest BCUT2D eigenvalue weighted by Crippen LogP contribution is -2.12. The van der Waals surface area contributed by atoms with Crippen LogP contribution >= 0.6 is 11.6 Å². The molecule has 0 unspecified atom stereocenters.